The Balaban J connectivity index is 2.47. The Labute approximate surface area is 102 Å². The first-order valence-corrected chi connectivity index (χ1v) is 7.63. The molecule has 0 saturated heterocycles. The molecule has 0 unspecified atom stereocenters. The fraction of sp³-hybridized carbons (Fsp3) is 0.538. The number of aliphatic hydroxyl groups is 1. The highest BCUT2D eigenvalue weighted by atomic mass is 32.2. The standard InChI is InChI=1S/C13H18O3S/c1-9-6-12(17(3,15)16)7-11(10(9)2)8-13(14)4-5-13/h6-7,14H,4-5,8H2,1-3H3. The average molecular weight is 254 g/mol. The lowest BCUT2D eigenvalue weighted by Gasteiger charge is -2.14. The maximum absolute atomic E-state index is 11.6. The van der Waals surface area contributed by atoms with Crippen molar-refractivity contribution in [1.29, 1.82) is 0 Å². The smallest absolute Gasteiger partial charge is 0.175 e. The second-order valence-corrected chi connectivity index (χ2v) is 7.21. The molecule has 1 aliphatic carbocycles. The van der Waals surface area contributed by atoms with Crippen molar-refractivity contribution >= 4 is 9.84 Å². The van der Waals surface area contributed by atoms with Crippen LogP contribution in [0.1, 0.15) is 29.5 Å². The molecule has 1 saturated carbocycles. The summed E-state index contributed by atoms with van der Waals surface area (Å²) in [5, 5.41) is 9.94. The summed E-state index contributed by atoms with van der Waals surface area (Å²) < 4.78 is 23.1. The third kappa shape index (κ3) is 2.69. The van der Waals surface area contributed by atoms with E-state index in [9.17, 15) is 13.5 Å². The van der Waals surface area contributed by atoms with Crippen LogP contribution in [0.3, 0.4) is 0 Å². The van der Waals surface area contributed by atoms with Gasteiger partial charge in [-0.05, 0) is 55.5 Å². The SMILES string of the molecule is Cc1cc(S(C)(=O)=O)cc(CC2(O)CC2)c1C. The molecule has 1 aromatic rings. The predicted molar refractivity (Wildman–Crippen MR) is 66.9 cm³/mol. The molecule has 0 atom stereocenters. The van der Waals surface area contributed by atoms with E-state index in [1.165, 1.54) is 6.26 Å². The molecule has 1 aliphatic rings. The summed E-state index contributed by atoms with van der Waals surface area (Å²) >= 11 is 0. The summed E-state index contributed by atoms with van der Waals surface area (Å²) in [5.74, 6) is 0. The topological polar surface area (TPSA) is 54.4 Å². The van der Waals surface area contributed by atoms with Crippen LogP contribution in [0.4, 0.5) is 0 Å². The molecule has 0 radical (unpaired) electrons. The monoisotopic (exact) mass is 254 g/mol. The number of rotatable bonds is 3. The molecule has 2 rings (SSSR count). The van der Waals surface area contributed by atoms with Gasteiger partial charge in [0.25, 0.3) is 0 Å². The van der Waals surface area contributed by atoms with E-state index in [4.69, 9.17) is 0 Å². The first kappa shape index (κ1) is 12.6. The molecule has 1 N–H and O–H groups in total. The molecule has 0 aromatic heterocycles. The van der Waals surface area contributed by atoms with Gasteiger partial charge in [-0.3, -0.25) is 0 Å². The van der Waals surface area contributed by atoms with Gasteiger partial charge >= 0.3 is 0 Å². The van der Waals surface area contributed by atoms with Crippen LogP contribution in [0.5, 0.6) is 0 Å². The third-order valence-corrected chi connectivity index (χ3v) is 4.62. The molecule has 1 aromatic carbocycles. The van der Waals surface area contributed by atoms with Crippen LogP contribution in [-0.2, 0) is 16.3 Å². The van der Waals surface area contributed by atoms with Gasteiger partial charge in [0.05, 0.1) is 10.5 Å². The highest BCUT2D eigenvalue weighted by Gasteiger charge is 2.40. The summed E-state index contributed by atoms with van der Waals surface area (Å²) in [6, 6.07) is 3.40. The minimum Gasteiger partial charge on any atom is -0.390 e. The molecule has 4 heteroatoms. The molecular formula is C13H18O3S. The zero-order valence-corrected chi connectivity index (χ0v) is 11.3. The van der Waals surface area contributed by atoms with Crippen molar-refractivity contribution in [3.63, 3.8) is 0 Å². The Hall–Kier alpha value is -0.870. The highest BCUT2D eigenvalue weighted by molar-refractivity contribution is 7.90. The zero-order chi connectivity index (χ0) is 12.8. The molecule has 0 aliphatic heterocycles. The van der Waals surface area contributed by atoms with E-state index >= 15 is 0 Å². The molecule has 0 bridgehead atoms. The summed E-state index contributed by atoms with van der Waals surface area (Å²) in [7, 11) is -3.18. The number of aryl methyl sites for hydroxylation is 1. The van der Waals surface area contributed by atoms with Gasteiger partial charge in [-0.1, -0.05) is 0 Å². The van der Waals surface area contributed by atoms with Crippen molar-refractivity contribution in [2.45, 2.75) is 43.6 Å². The number of hydrogen-bond donors (Lipinski definition) is 1. The molecule has 0 heterocycles. The Morgan fingerprint density at radius 1 is 1.29 bits per heavy atom. The lowest BCUT2D eigenvalue weighted by atomic mass is 9.98. The quantitative estimate of drug-likeness (QED) is 0.894. The van der Waals surface area contributed by atoms with Crippen LogP contribution >= 0.6 is 0 Å². The fourth-order valence-corrected chi connectivity index (χ4v) is 2.72. The summed E-state index contributed by atoms with van der Waals surface area (Å²) in [5.41, 5.74) is 2.41. The Morgan fingerprint density at radius 3 is 2.35 bits per heavy atom. The third-order valence-electron chi connectivity index (χ3n) is 3.52. The van der Waals surface area contributed by atoms with Gasteiger partial charge in [0.1, 0.15) is 0 Å². The minimum absolute atomic E-state index is 0.347. The molecule has 17 heavy (non-hydrogen) atoms. The van der Waals surface area contributed by atoms with Gasteiger partial charge in [-0.25, -0.2) is 8.42 Å². The Kier molecular flexibility index (Phi) is 2.83. The lowest BCUT2D eigenvalue weighted by Crippen LogP contribution is -2.13. The van der Waals surface area contributed by atoms with E-state index in [0.717, 1.165) is 29.5 Å². The van der Waals surface area contributed by atoms with E-state index in [1.807, 2.05) is 13.8 Å². The van der Waals surface area contributed by atoms with Crippen LogP contribution in [0.25, 0.3) is 0 Å². The van der Waals surface area contributed by atoms with Crippen molar-refractivity contribution in [2.24, 2.45) is 0 Å². The van der Waals surface area contributed by atoms with Gasteiger partial charge in [-0.15, -0.1) is 0 Å². The van der Waals surface area contributed by atoms with E-state index < -0.39 is 15.4 Å². The first-order chi connectivity index (χ1) is 7.71. The maximum atomic E-state index is 11.6. The number of hydrogen-bond acceptors (Lipinski definition) is 3. The largest absolute Gasteiger partial charge is 0.390 e. The van der Waals surface area contributed by atoms with Crippen molar-refractivity contribution in [3.05, 3.63) is 28.8 Å². The molecular weight excluding hydrogens is 236 g/mol. The fourth-order valence-electron chi connectivity index (χ4n) is 1.97. The van der Waals surface area contributed by atoms with E-state index in [-0.39, 0.29) is 0 Å². The van der Waals surface area contributed by atoms with Gasteiger partial charge in [0.15, 0.2) is 9.84 Å². The highest BCUT2D eigenvalue weighted by Crippen LogP contribution is 2.39. The molecule has 94 valence electrons. The number of benzene rings is 1. The Morgan fingerprint density at radius 2 is 1.88 bits per heavy atom. The van der Waals surface area contributed by atoms with Crippen molar-refractivity contribution < 1.29 is 13.5 Å². The lowest BCUT2D eigenvalue weighted by molar-refractivity contribution is 0.150. The average Bonchev–Trinajstić information content (AvgIpc) is 2.89. The van der Waals surface area contributed by atoms with Crippen LogP contribution in [0, 0.1) is 13.8 Å². The van der Waals surface area contributed by atoms with Crippen molar-refractivity contribution in [2.75, 3.05) is 6.26 Å². The second kappa shape index (κ2) is 3.82. The van der Waals surface area contributed by atoms with E-state index in [0.29, 0.717) is 11.3 Å². The predicted octanol–water partition coefficient (Wildman–Crippen LogP) is 1.77. The molecule has 1 fully saturated rings. The van der Waals surface area contributed by atoms with Crippen molar-refractivity contribution in [3.8, 4) is 0 Å². The summed E-state index contributed by atoms with van der Waals surface area (Å²) in [6.07, 6.45) is 3.40. The molecule has 0 amide bonds. The maximum Gasteiger partial charge on any atom is 0.175 e. The van der Waals surface area contributed by atoms with E-state index in [1.54, 1.807) is 12.1 Å². The van der Waals surface area contributed by atoms with Gasteiger partial charge in [0.2, 0.25) is 0 Å². The zero-order valence-electron chi connectivity index (χ0n) is 10.4. The van der Waals surface area contributed by atoms with Crippen LogP contribution in [-0.4, -0.2) is 25.4 Å². The number of sulfone groups is 1. The van der Waals surface area contributed by atoms with Gasteiger partial charge in [-0.2, -0.15) is 0 Å². The first-order valence-electron chi connectivity index (χ1n) is 5.74. The van der Waals surface area contributed by atoms with Crippen LogP contribution < -0.4 is 0 Å². The molecule has 0 spiro atoms. The normalized spacial score (nSPS) is 18.1. The summed E-state index contributed by atoms with van der Waals surface area (Å²) in [4.78, 5) is 0.347. The minimum atomic E-state index is -3.18. The van der Waals surface area contributed by atoms with Crippen molar-refractivity contribution in [1.82, 2.24) is 0 Å². The second-order valence-electron chi connectivity index (χ2n) is 5.20. The van der Waals surface area contributed by atoms with Gasteiger partial charge < -0.3 is 5.11 Å². The van der Waals surface area contributed by atoms with Crippen LogP contribution in [0.2, 0.25) is 0 Å². The summed E-state index contributed by atoms with van der Waals surface area (Å²) in [6.45, 7) is 3.88. The Bertz CT molecular complexity index is 554. The van der Waals surface area contributed by atoms with Gasteiger partial charge in [0, 0.05) is 12.7 Å². The van der Waals surface area contributed by atoms with Crippen LogP contribution in [0.15, 0.2) is 17.0 Å². The van der Waals surface area contributed by atoms with E-state index in [2.05, 4.69) is 0 Å². The molecule has 3 nitrogen and oxygen atoms in total.